The number of urea groups is 2. The van der Waals surface area contributed by atoms with Gasteiger partial charge >= 0.3 is 12.1 Å². The number of carbonyl (C=O) groups excluding carboxylic acids is 4. The summed E-state index contributed by atoms with van der Waals surface area (Å²) in [7, 11) is 0. The number of amides is 6. The zero-order valence-corrected chi connectivity index (χ0v) is 43.7. The third-order valence-corrected chi connectivity index (χ3v) is 15.9. The molecule has 11 rings (SSSR count). The Morgan fingerprint density at radius 1 is 0.551 bits per heavy atom. The van der Waals surface area contributed by atoms with Gasteiger partial charge in [-0.3, -0.25) is 18.7 Å². The highest BCUT2D eigenvalue weighted by atomic mass is 16.6. The Morgan fingerprint density at radius 3 is 1.35 bits per heavy atom. The number of fused-ring (bicyclic) bond motifs is 2. The van der Waals surface area contributed by atoms with E-state index in [0.29, 0.717) is 124 Å². The lowest BCUT2D eigenvalue weighted by Gasteiger charge is -2.31. The Kier molecular flexibility index (Phi) is 15.8. The van der Waals surface area contributed by atoms with Gasteiger partial charge in [0.2, 0.25) is 11.9 Å². The molecule has 30 nitrogen and oxygen atoms in total. The fourth-order valence-corrected chi connectivity index (χ4v) is 11.7. The van der Waals surface area contributed by atoms with Crippen molar-refractivity contribution >= 4 is 69.7 Å². The van der Waals surface area contributed by atoms with E-state index in [4.69, 9.17) is 39.4 Å². The quantitative estimate of drug-likeness (QED) is 0.0525. The van der Waals surface area contributed by atoms with Gasteiger partial charge in [-0.25, -0.2) is 19.6 Å². The van der Waals surface area contributed by atoms with Gasteiger partial charge in [0, 0.05) is 88.6 Å². The van der Waals surface area contributed by atoms with Crippen molar-refractivity contribution in [3.63, 3.8) is 0 Å². The predicted octanol–water partition coefficient (Wildman–Crippen LogP) is -3.21. The number of hydrogen-bond donors (Lipinski definition) is 14. The number of carbonyl (C=O) groups is 4. The molecule has 6 saturated heterocycles. The monoisotopic (exact) mass is 1090 g/mol. The van der Waals surface area contributed by atoms with Crippen molar-refractivity contribution in [2.45, 2.75) is 151 Å². The SMILES string of the molecule is CCNC(=O)[C@H]1O[C@@H](n2cnc3c(N[C@H]4CC[C@H](Nc5nc(N6CC[C@@H](NC(=O)N[C@@H]7CCNC7)C6)nc6c5ncn6[C@@H]5O[C@H](C(=O)NCC)[C@@H](O)[C@H]5O)CC4)nc(N4CC[C@@H](NC(=O)N[C@@H]5CCNC5)C4)nc32)[C@H](O)[C@@H]1O. The molecule has 10 heterocycles. The van der Waals surface area contributed by atoms with E-state index in [9.17, 15) is 39.6 Å². The highest BCUT2D eigenvalue weighted by molar-refractivity contribution is 5.87. The second-order valence-electron chi connectivity index (χ2n) is 21.4. The normalized spacial score (nSPS) is 32.0. The van der Waals surface area contributed by atoms with Crippen molar-refractivity contribution in [2.24, 2.45) is 0 Å². The van der Waals surface area contributed by atoms with Crippen LogP contribution in [0.25, 0.3) is 22.3 Å². The lowest BCUT2D eigenvalue weighted by atomic mass is 9.91. The number of imidazole rings is 2. The van der Waals surface area contributed by atoms with Crippen LogP contribution in [-0.4, -0.2) is 222 Å². The van der Waals surface area contributed by atoms with Gasteiger partial charge < -0.3 is 92.9 Å². The minimum absolute atomic E-state index is 0.0622. The van der Waals surface area contributed by atoms with E-state index < -0.39 is 60.9 Å². The third kappa shape index (κ3) is 11.1. The summed E-state index contributed by atoms with van der Waals surface area (Å²) in [6.07, 6.45) is -2.38. The number of rotatable bonds is 16. The molecule has 1 aliphatic carbocycles. The summed E-state index contributed by atoms with van der Waals surface area (Å²) in [5.41, 5.74) is 1.41. The maximum atomic E-state index is 13.0. The van der Waals surface area contributed by atoms with Crippen molar-refractivity contribution in [3.8, 4) is 0 Å². The number of anilines is 4. The van der Waals surface area contributed by atoms with E-state index in [1.165, 1.54) is 21.8 Å². The molecular formula is C48H72N20O10. The van der Waals surface area contributed by atoms with Gasteiger partial charge in [-0.1, -0.05) is 0 Å². The van der Waals surface area contributed by atoms with Crippen LogP contribution < -0.4 is 63.0 Å². The van der Waals surface area contributed by atoms with Gasteiger partial charge in [0.05, 0.1) is 12.7 Å². The van der Waals surface area contributed by atoms with Crippen LogP contribution in [0.3, 0.4) is 0 Å². The van der Waals surface area contributed by atoms with Gasteiger partial charge in [0.1, 0.15) is 24.4 Å². The van der Waals surface area contributed by atoms with Crippen LogP contribution in [-0.2, 0) is 19.1 Å². The average molecular weight is 1090 g/mol. The molecule has 14 N–H and O–H groups in total. The molecule has 0 radical (unpaired) electrons. The summed E-state index contributed by atoms with van der Waals surface area (Å²) in [4.78, 5) is 84.9. The van der Waals surface area contributed by atoms with Crippen LogP contribution in [0.5, 0.6) is 0 Å². The predicted molar refractivity (Wildman–Crippen MR) is 280 cm³/mol. The molecule has 0 aromatic carbocycles. The molecule has 0 bridgehead atoms. The molecule has 6 aliphatic heterocycles. The first-order valence-electron chi connectivity index (χ1n) is 27.5. The Bertz CT molecular complexity index is 2620. The van der Waals surface area contributed by atoms with Gasteiger partial charge in [-0.05, 0) is 78.3 Å². The molecule has 0 spiro atoms. The average Bonchev–Trinajstić information content (AvgIpc) is 4.33. The Hall–Kier alpha value is -6.54. The summed E-state index contributed by atoms with van der Waals surface area (Å²) in [5, 5.41) is 75.8. The zero-order valence-electron chi connectivity index (χ0n) is 43.7. The minimum atomic E-state index is -1.51. The molecule has 30 heteroatoms. The molecule has 7 fully saturated rings. The molecule has 4 aromatic rings. The minimum Gasteiger partial charge on any atom is -0.387 e. The summed E-state index contributed by atoms with van der Waals surface area (Å²) in [6, 6.07) is -0.869. The van der Waals surface area contributed by atoms with E-state index in [1.54, 1.807) is 13.8 Å². The number of nitrogens with one attached hydrogen (secondary N) is 10. The lowest BCUT2D eigenvalue weighted by molar-refractivity contribution is -0.138. The first-order valence-corrected chi connectivity index (χ1v) is 27.5. The van der Waals surface area contributed by atoms with Crippen molar-refractivity contribution in [1.82, 2.24) is 81.6 Å². The second-order valence-corrected chi connectivity index (χ2v) is 21.4. The molecule has 12 atom stereocenters. The van der Waals surface area contributed by atoms with Crippen LogP contribution in [0.2, 0.25) is 0 Å². The van der Waals surface area contributed by atoms with Crippen LogP contribution in [0.15, 0.2) is 12.7 Å². The number of ether oxygens (including phenoxy) is 2. The Morgan fingerprint density at radius 2 is 0.962 bits per heavy atom. The van der Waals surface area contributed by atoms with Gasteiger partial charge in [0.15, 0.2) is 58.6 Å². The number of nitrogens with zero attached hydrogens (tertiary/aromatic N) is 10. The van der Waals surface area contributed by atoms with E-state index in [1.807, 2.05) is 9.80 Å². The fraction of sp³-hybridized carbons (Fsp3) is 0.708. The van der Waals surface area contributed by atoms with Crippen LogP contribution >= 0.6 is 0 Å². The molecule has 424 valence electrons. The van der Waals surface area contributed by atoms with Gasteiger partial charge in [-0.2, -0.15) is 19.9 Å². The molecule has 78 heavy (non-hydrogen) atoms. The summed E-state index contributed by atoms with van der Waals surface area (Å²) < 4.78 is 15.1. The standard InChI is InChI=1S/C48H72N20O10/c1-3-51-41(73)35-31(69)33(71)43(77-35)67-21-53-29-37(61-45(63-39(29)67)65-15-11-27(19-65)59-47(75)57-25-9-13-49-17-25)55-23-5-7-24(8-6-23)56-38-30-40(68(22-54-30)44-34(72)32(70)36(78-44)42(74)52-4-2)64-46(62-38)66-16-12-28(20-66)60-48(76)58-26-10-14-50-18-26/h21-28,31-36,43-44,49-50,69-72H,3-20H2,1-2H3,(H,51,73)(H,52,74)(H,55,61,63)(H,56,62,64)(H2,57,59,75)(H2,58,60,76)/t23-,24-,25-,26-,27-,28-,31+,32+,33-,34-,35+,36+,43-,44-/m1/s1. The van der Waals surface area contributed by atoms with E-state index in [0.717, 1.165) is 39.0 Å². The van der Waals surface area contributed by atoms with E-state index >= 15 is 0 Å². The summed E-state index contributed by atoms with van der Waals surface area (Å²) >= 11 is 0. The van der Waals surface area contributed by atoms with Gasteiger partial charge in [-0.15, -0.1) is 0 Å². The fourth-order valence-electron chi connectivity index (χ4n) is 11.7. The molecule has 7 aliphatic rings. The first-order chi connectivity index (χ1) is 37.8. The smallest absolute Gasteiger partial charge is 0.315 e. The lowest BCUT2D eigenvalue weighted by Crippen LogP contribution is -2.47. The van der Waals surface area contributed by atoms with Crippen molar-refractivity contribution < 1.29 is 49.1 Å². The van der Waals surface area contributed by atoms with Crippen LogP contribution in [0.4, 0.5) is 33.1 Å². The van der Waals surface area contributed by atoms with Crippen molar-refractivity contribution in [2.75, 3.05) is 85.9 Å². The maximum Gasteiger partial charge on any atom is 0.315 e. The number of aliphatic hydroxyl groups excluding tert-OH is 4. The van der Waals surface area contributed by atoms with E-state index in [-0.39, 0.29) is 48.3 Å². The topological polar surface area (TPSA) is 382 Å². The van der Waals surface area contributed by atoms with Crippen molar-refractivity contribution in [3.05, 3.63) is 12.7 Å². The summed E-state index contributed by atoms with van der Waals surface area (Å²) in [5.74, 6) is 0.491. The highest BCUT2D eigenvalue weighted by Crippen LogP contribution is 2.37. The molecule has 6 amide bonds. The second kappa shape index (κ2) is 23.0. The third-order valence-electron chi connectivity index (χ3n) is 15.9. The van der Waals surface area contributed by atoms with Crippen LogP contribution in [0, 0.1) is 0 Å². The first kappa shape index (κ1) is 53.5. The number of hydrogen-bond acceptors (Lipinski definition) is 22. The molecule has 0 unspecified atom stereocenters. The Labute approximate surface area is 448 Å². The number of aliphatic hydroxyl groups is 4. The maximum absolute atomic E-state index is 13.0. The van der Waals surface area contributed by atoms with Crippen LogP contribution in [0.1, 0.15) is 77.7 Å². The summed E-state index contributed by atoms with van der Waals surface area (Å²) in [6.45, 7) is 9.20. The van der Waals surface area contributed by atoms with Crippen molar-refractivity contribution in [1.29, 1.82) is 0 Å². The zero-order chi connectivity index (χ0) is 54.2. The molecular weight excluding hydrogens is 1020 g/mol. The highest BCUT2D eigenvalue weighted by Gasteiger charge is 2.49. The van der Waals surface area contributed by atoms with Gasteiger partial charge in [0.25, 0.3) is 11.8 Å². The Balaban J connectivity index is 0.820. The largest absolute Gasteiger partial charge is 0.387 e. The molecule has 1 saturated carbocycles. The number of likely N-dealkylation sites (N-methyl/N-ethyl adjacent to an activating group) is 2. The van der Waals surface area contributed by atoms with E-state index in [2.05, 4.69) is 53.2 Å². The molecule has 4 aromatic heterocycles. The number of aromatic nitrogens is 8.